The lowest BCUT2D eigenvalue weighted by molar-refractivity contribution is -0.151. The average molecular weight is 570 g/mol. The molecule has 1 saturated carbocycles. The van der Waals surface area contributed by atoms with Gasteiger partial charge in [-0.1, -0.05) is 25.1 Å². The van der Waals surface area contributed by atoms with E-state index < -0.39 is 61.7 Å². The van der Waals surface area contributed by atoms with Gasteiger partial charge >= 0.3 is 19.4 Å². The average Bonchev–Trinajstić information content (AvgIpc) is 3.48. The highest BCUT2D eigenvalue weighted by molar-refractivity contribution is 7.52. The van der Waals surface area contributed by atoms with Gasteiger partial charge in [0, 0.05) is 12.3 Å². The standard InChI is InChI=1S/C25H33FN3O9P/c1-3-18(22(32)36-16-9-7-8-10-16)28-39(34,38-17-11-5-4-6-12-17)35-15-19-21(31)25(2,26)23(37-19)29-14-13-20(30)27-24(29)33/h4-6,11-14,16,18-19,21,23,31H,3,7-10,15H2,1-2H3,(H,28,34)(H,27,30,33)/t18-,19+,21+,23+,25+,39?/m0/s1. The summed E-state index contributed by atoms with van der Waals surface area (Å²) in [4.78, 5) is 38.5. The van der Waals surface area contributed by atoms with E-state index in [1.165, 1.54) is 12.1 Å². The van der Waals surface area contributed by atoms with Crippen LogP contribution in [-0.4, -0.2) is 57.3 Å². The number of carbonyl (C=O) groups excluding carboxylic acids is 1. The molecule has 2 heterocycles. The Kier molecular flexibility index (Phi) is 9.07. The Morgan fingerprint density at radius 2 is 1.97 bits per heavy atom. The number of H-pyrrole nitrogens is 1. The summed E-state index contributed by atoms with van der Waals surface area (Å²) in [5.41, 5.74) is -4.10. The molecule has 0 radical (unpaired) electrons. The third kappa shape index (κ3) is 6.85. The number of hydrogen-bond acceptors (Lipinski definition) is 9. The molecule has 1 aromatic heterocycles. The maximum absolute atomic E-state index is 15.6. The van der Waals surface area contributed by atoms with Crippen LogP contribution >= 0.6 is 7.75 Å². The Bertz CT molecular complexity index is 1300. The van der Waals surface area contributed by atoms with Crippen LogP contribution in [-0.2, 0) is 23.4 Å². The number of aliphatic hydroxyl groups is 1. The molecule has 1 aliphatic carbocycles. The molecule has 1 saturated heterocycles. The van der Waals surface area contributed by atoms with Crippen LogP contribution in [0.3, 0.4) is 0 Å². The summed E-state index contributed by atoms with van der Waals surface area (Å²) in [5.74, 6) is -0.427. The number of para-hydroxylation sites is 1. The van der Waals surface area contributed by atoms with E-state index in [0.717, 1.165) is 49.4 Å². The van der Waals surface area contributed by atoms with Crippen LogP contribution in [0.25, 0.3) is 0 Å². The van der Waals surface area contributed by atoms with Gasteiger partial charge in [0.25, 0.3) is 5.56 Å². The van der Waals surface area contributed by atoms with Crippen LogP contribution in [0.2, 0.25) is 0 Å². The minimum Gasteiger partial charge on any atom is -0.461 e. The quantitative estimate of drug-likeness (QED) is 0.271. The second-order valence-electron chi connectivity index (χ2n) is 9.77. The summed E-state index contributed by atoms with van der Waals surface area (Å²) in [5, 5.41) is 13.3. The van der Waals surface area contributed by atoms with E-state index in [1.54, 1.807) is 25.1 Å². The van der Waals surface area contributed by atoms with Gasteiger partial charge in [-0.15, -0.1) is 0 Å². The number of aromatic nitrogens is 2. The Morgan fingerprint density at radius 1 is 1.28 bits per heavy atom. The zero-order valence-electron chi connectivity index (χ0n) is 21.7. The van der Waals surface area contributed by atoms with Gasteiger partial charge in [0.15, 0.2) is 11.9 Å². The van der Waals surface area contributed by atoms with Crippen molar-refractivity contribution in [2.75, 3.05) is 6.61 Å². The van der Waals surface area contributed by atoms with E-state index >= 15 is 4.39 Å². The first-order valence-corrected chi connectivity index (χ1v) is 14.4. The molecule has 39 heavy (non-hydrogen) atoms. The minimum absolute atomic E-state index is 0.174. The first-order valence-electron chi connectivity index (χ1n) is 12.8. The summed E-state index contributed by atoms with van der Waals surface area (Å²) in [7, 11) is -4.32. The molecule has 6 atom stereocenters. The molecule has 2 aromatic rings. The molecule has 1 aliphatic heterocycles. The number of benzene rings is 1. The fourth-order valence-corrected chi connectivity index (χ4v) is 6.19. The van der Waals surface area contributed by atoms with Crippen molar-refractivity contribution in [1.82, 2.24) is 14.6 Å². The van der Waals surface area contributed by atoms with Gasteiger partial charge in [0.05, 0.1) is 6.61 Å². The van der Waals surface area contributed by atoms with Gasteiger partial charge in [-0.25, -0.2) is 13.8 Å². The van der Waals surface area contributed by atoms with Crippen LogP contribution in [0.15, 0.2) is 52.2 Å². The molecule has 4 rings (SSSR count). The number of carbonyl (C=O) groups is 1. The number of alkyl halides is 1. The van der Waals surface area contributed by atoms with E-state index in [2.05, 4.69) is 5.09 Å². The van der Waals surface area contributed by atoms with Crippen molar-refractivity contribution in [3.63, 3.8) is 0 Å². The molecule has 2 aliphatic rings. The first-order chi connectivity index (χ1) is 18.5. The van der Waals surface area contributed by atoms with E-state index in [0.29, 0.717) is 0 Å². The zero-order chi connectivity index (χ0) is 28.2. The number of esters is 1. The van der Waals surface area contributed by atoms with Gasteiger partial charge in [0.1, 0.15) is 30.1 Å². The van der Waals surface area contributed by atoms with Gasteiger partial charge < -0.3 is 19.1 Å². The number of hydrogen-bond donors (Lipinski definition) is 3. The van der Waals surface area contributed by atoms with Crippen LogP contribution in [0, 0.1) is 0 Å². The topological polar surface area (TPSA) is 158 Å². The summed E-state index contributed by atoms with van der Waals surface area (Å²) < 4.78 is 52.6. The molecule has 2 fully saturated rings. The van der Waals surface area contributed by atoms with Crippen LogP contribution in [0.5, 0.6) is 5.75 Å². The lowest BCUT2D eigenvalue weighted by Crippen LogP contribution is -2.44. The largest absolute Gasteiger partial charge is 0.461 e. The van der Waals surface area contributed by atoms with E-state index in [4.69, 9.17) is 18.5 Å². The van der Waals surface area contributed by atoms with Crippen molar-refractivity contribution < 1.29 is 37.4 Å². The van der Waals surface area contributed by atoms with Crippen LogP contribution in [0.4, 0.5) is 4.39 Å². The highest BCUT2D eigenvalue weighted by Crippen LogP contribution is 2.47. The van der Waals surface area contributed by atoms with Crippen molar-refractivity contribution >= 4 is 13.7 Å². The molecule has 12 nitrogen and oxygen atoms in total. The maximum Gasteiger partial charge on any atom is 0.459 e. The molecule has 1 aromatic carbocycles. The molecule has 0 amide bonds. The van der Waals surface area contributed by atoms with Crippen molar-refractivity contribution in [3.8, 4) is 5.75 Å². The third-order valence-electron chi connectivity index (χ3n) is 6.79. The number of rotatable bonds is 11. The number of aromatic amines is 1. The van der Waals surface area contributed by atoms with Crippen LogP contribution < -0.4 is 20.9 Å². The minimum atomic E-state index is -4.32. The fraction of sp³-hybridized carbons (Fsp3) is 0.560. The lowest BCUT2D eigenvalue weighted by Gasteiger charge is -2.26. The molecular weight excluding hydrogens is 536 g/mol. The molecule has 1 unspecified atom stereocenters. The van der Waals surface area contributed by atoms with Gasteiger partial charge in [-0.2, -0.15) is 5.09 Å². The highest BCUT2D eigenvalue weighted by atomic mass is 31.2. The molecule has 0 spiro atoms. The fourth-order valence-electron chi connectivity index (χ4n) is 4.60. The number of halogens is 1. The van der Waals surface area contributed by atoms with Crippen molar-refractivity contribution in [1.29, 1.82) is 0 Å². The van der Waals surface area contributed by atoms with Crippen LogP contribution in [0.1, 0.15) is 52.2 Å². The predicted octanol–water partition coefficient (Wildman–Crippen LogP) is 2.58. The molecule has 14 heteroatoms. The zero-order valence-corrected chi connectivity index (χ0v) is 22.6. The summed E-state index contributed by atoms with van der Waals surface area (Å²) >= 11 is 0. The number of aliphatic hydroxyl groups excluding tert-OH is 1. The van der Waals surface area contributed by atoms with E-state index in [-0.39, 0.29) is 18.3 Å². The Labute approximate surface area is 224 Å². The first kappa shape index (κ1) is 29.2. The van der Waals surface area contributed by atoms with Gasteiger partial charge in [-0.05, 0) is 51.2 Å². The van der Waals surface area contributed by atoms with E-state index in [1.807, 2.05) is 4.98 Å². The van der Waals surface area contributed by atoms with Gasteiger partial charge in [-0.3, -0.25) is 23.7 Å². The molecule has 214 valence electrons. The monoisotopic (exact) mass is 569 g/mol. The maximum atomic E-state index is 15.6. The second-order valence-corrected chi connectivity index (χ2v) is 11.5. The number of ether oxygens (including phenoxy) is 2. The van der Waals surface area contributed by atoms with Crippen molar-refractivity contribution in [2.45, 2.75) is 82.2 Å². The highest BCUT2D eigenvalue weighted by Gasteiger charge is 2.56. The van der Waals surface area contributed by atoms with Crippen molar-refractivity contribution in [2.24, 2.45) is 0 Å². The Balaban J connectivity index is 1.51. The smallest absolute Gasteiger partial charge is 0.459 e. The number of nitrogens with zero attached hydrogens (tertiary/aromatic N) is 1. The van der Waals surface area contributed by atoms with Gasteiger partial charge in [0.2, 0.25) is 0 Å². The number of nitrogens with one attached hydrogen (secondary N) is 2. The summed E-state index contributed by atoms with van der Waals surface area (Å²) in [6.07, 6.45) is -0.311. The lowest BCUT2D eigenvalue weighted by atomic mass is 9.98. The van der Waals surface area contributed by atoms with Crippen molar-refractivity contribution in [3.05, 3.63) is 63.4 Å². The molecular formula is C25H33FN3O9P. The summed E-state index contributed by atoms with van der Waals surface area (Å²) in [6.45, 7) is 2.11. The molecule has 3 N–H and O–H groups in total. The normalized spacial score (nSPS) is 27.6. The summed E-state index contributed by atoms with van der Waals surface area (Å²) in [6, 6.07) is 8.07. The Morgan fingerprint density at radius 3 is 2.62 bits per heavy atom. The third-order valence-corrected chi connectivity index (χ3v) is 8.36. The van der Waals surface area contributed by atoms with E-state index in [9.17, 15) is 24.1 Å². The Hall–Kier alpha value is -2.83. The molecule has 0 bridgehead atoms. The predicted molar refractivity (Wildman–Crippen MR) is 137 cm³/mol. The SMILES string of the molecule is CC[C@H](NP(=O)(OC[C@H]1O[C@@H](n2ccc(=O)[nH]c2=O)[C@](C)(F)[C@@H]1O)Oc1ccccc1)C(=O)OC1CCCC1. The second kappa shape index (κ2) is 12.1.